The van der Waals surface area contributed by atoms with Crippen molar-refractivity contribution < 1.29 is 0 Å². The number of halogens is 1. The molecule has 0 aliphatic heterocycles. The molecular formula is C7H7IN2O. The van der Waals surface area contributed by atoms with Gasteiger partial charge in [0, 0.05) is 10.6 Å². The number of hydrogen-bond acceptors (Lipinski definition) is 2. The molecule has 11 heavy (non-hydrogen) atoms. The summed E-state index contributed by atoms with van der Waals surface area (Å²) in [7, 11) is 1.62. The Hall–Kier alpha value is -0.650. The van der Waals surface area contributed by atoms with E-state index in [1.807, 2.05) is 24.3 Å². The lowest BCUT2D eigenvalue weighted by molar-refractivity contribution is 1.00. The van der Waals surface area contributed by atoms with Crippen LogP contribution in [-0.4, -0.2) is 7.05 Å². The molecule has 0 saturated carbocycles. The predicted molar refractivity (Wildman–Crippen MR) is 53.4 cm³/mol. The zero-order valence-corrected chi connectivity index (χ0v) is 8.15. The number of anilines is 1. The van der Waals surface area contributed by atoms with Gasteiger partial charge in [0.25, 0.3) is 0 Å². The predicted octanol–water partition coefficient (Wildman–Crippen LogP) is 2.41. The molecular weight excluding hydrogens is 255 g/mol. The summed E-state index contributed by atoms with van der Waals surface area (Å²) in [6.45, 7) is 0. The lowest BCUT2D eigenvalue weighted by Crippen LogP contribution is -2.05. The molecule has 1 rings (SSSR count). The molecule has 0 radical (unpaired) electrons. The van der Waals surface area contributed by atoms with Crippen molar-refractivity contribution in [1.29, 1.82) is 0 Å². The molecule has 0 aliphatic rings. The van der Waals surface area contributed by atoms with E-state index in [1.165, 1.54) is 5.01 Å². The summed E-state index contributed by atoms with van der Waals surface area (Å²) >= 11 is 2.20. The molecule has 0 aliphatic carbocycles. The summed E-state index contributed by atoms with van der Waals surface area (Å²) in [6.07, 6.45) is 0. The van der Waals surface area contributed by atoms with Gasteiger partial charge in [-0.1, -0.05) is 0 Å². The normalized spacial score (nSPS) is 9.27. The van der Waals surface area contributed by atoms with Gasteiger partial charge in [-0.05, 0) is 46.9 Å². The van der Waals surface area contributed by atoms with Crippen LogP contribution >= 0.6 is 22.6 Å². The van der Waals surface area contributed by atoms with Crippen LogP contribution in [-0.2, 0) is 0 Å². The van der Waals surface area contributed by atoms with Gasteiger partial charge in [-0.2, -0.15) is 0 Å². The topological polar surface area (TPSA) is 32.7 Å². The van der Waals surface area contributed by atoms with Crippen LogP contribution in [0.4, 0.5) is 5.69 Å². The molecule has 0 unspecified atom stereocenters. The number of rotatable bonds is 2. The van der Waals surface area contributed by atoms with Gasteiger partial charge >= 0.3 is 0 Å². The van der Waals surface area contributed by atoms with E-state index in [-0.39, 0.29) is 0 Å². The Labute approximate surface area is 78.5 Å². The summed E-state index contributed by atoms with van der Waals surface area (Å²) < 4.78 is 1.14. The molecule has 1 aromatic carbocycles. The van der Waals surface area contributed by atoms with Gasteiger partial charge in [-0.25, -0.2) is 5.01 Å². The van der Waals surface area contributed by atoms with Crippen LogP contribution in [0, 0.1) is 8.48 Å². The standard InChI is InChI=1S/C7H7IN2O/c1-10(9-11)7-4-2-6(8)3-5-7/h2-5H,1H3. The summed E-state index contributed by atoms with van der Waals surface area (Å²) in [5.41, 5.74) is 0.806. The molecule has 0 amide bonds. The average molecular weight is 262 g/mol. The molecule has 0 fully saturated rings. The average Bonchev–Trinajstić information content (AvgIpc) is 2.05. The first-order valence-electron chi connectivity index (χ1n) is 3.06. The number of nitroso groups, excluding NO2 is 1. The highest BCUT2D eigenvalue weighted by molar-refractivity contribution is 14.1. The van der Waals surface area contributed by atoms with Crippen LogP contribution in [0.5, 0.6) is 0 Å². The van der Waals surface area contributed by atoms with Gasteiger partial charge in [-0.15, -0.1) is 4.91 Å². The van der Waals surface area contributed by atoms with E-state index in [9.17, 15) is 4.91 Å². The molecule has 0 heterocycles. The van der Waals surface area contributed by atoms with Gasteiger partial charge in [0.05, 0.1) is 11.0 Å². The maximum Gasteiger partial charge on any atom is 0.0623 e. The third-order valence-corrected chi connectivity index (χ3v) is 2.04. The molecule has 1 aromatic rings. The number of nitrogens with zero attached hydrogens (tertiary/aromatic N) is 2. The number of hydrogen-bond donors (Lipinski definition) is 0. The van der Waals surface area contributed by atoms with Crippen molar-refractivity contribution in [2.24, 2.45) is 5.29 Å². The van der Waals surface area contributed by atoms with Gasteiger partial charge in [0.15, 0.2) is 0 Å². The fourth-order valence-electron chi connectivity index (χ4n) is 0.704. The summed E-state index contributed by atoms with van der Waals surface area (Å²) in [4.78, 5) is 10.1. The Bertz CT molecular complexity index is 247. The van der Waals surface area contributed by atoms with Gasteiger partial charge in [0.1, 0.15) is 0 Å². The van der Waals surface area contributed by atoms with Crippen molar-refractivity contribution in [3.63, 3.8) is 0 Å². The monoisotopic (exact) mass is 262 g/mol. The van der Waals surface area contributed by atoms with Crippen LogP contribution < -0.4 is 5.01 Å². The Morgan fingerprint density at radius 2 is 1.91 bits per heavy atom. The maximum absolute atomic E-state index is 10.1. The fourth-order valence-corrected chi connectivity index (χ4v) is 1.06. The lowest BCUT2D eigenvalue weighted by Gasteiger charge is -2.06. The van der Waals surface area contributed by atoms with Crippen LogP contribution in [0.15, 0.2) is 29.6 Å². The first kappa shape index (κ1) is 8.45. The fraction of sp³-hybridized carbons (Fsp3) is 0.143. The Morgan fingerprint density at radius 1 is 1.36 bits per heavy atom. The first-order chi connectivity index (χ1) is 5.24. The lowest BCUT2D eigenvalue weighted by atomic mass is 10.3. The van der Waals surface area contributed by atoms with Crippen molar-refractivity contribution in [3.8, 4) is 0 Å². The molecule has 0 atom stereocenters. The van der Waals surface area contributed by atoms with Crippen LogP contribution in [0.25, 0.3) is 0 Å². The second-order valence-electron chi connectivity index (χ2n) is 2.08. The van der Waals surface area contributed by atoms with E-state index in [0.29, 0.717) is 0 Å². The van der Waals surface area contributed by atoms with Gasteiger partial charge < -0.3 is 0 Å². The minimum atomic E-state index is 0.806. The molecule has 0 saturated heterocycles. The van der Waals surface area contributed by atoms with Crippen molar-refractivity contribution in [1.82, 2.24) is 0 Å². The largest absolute Gasteiger partial charge is 0.232 e. The summed E-state index contributed by atoms with van der Waals surface area (Å²) in [5, 5.41) is 4.06. The number of benzene rings is 1. The van der Waals surface area contributed by atoms with Crippen molar-refractivity contribution in [2.45, 2.75) is 0 Å². The summed E-state index contributed by atoms with van der Waals surface area (Å²) in [6, 6.07) is 7.56. The molecule has 0 spiro atoms. The van der Waals surface area contributed by atoms with Crippen molar-refractivity contribution in [3.05, 3.63) is 32.7 Å². The molecule has 4 heteroatoms. The minimum Gasteiger partial charge on any atom is -0.232 e. The first-order valence-corrected chi connectivity index (χ1v) is 4.14. The highest BCUT2D eigenvalue weighted by Gasteiger charge is 1.97. The van der Waals surface area contributed by atoms with Crippen LogP contribution in [0.2, 0.25) is 0 Å². The van der Waals surface area contributed by atoms with Crippen molar-refractivity contribution in [2.75, 3.05) is 12.1 Å². The van der Waals surface area contributed by atoms with Gasteiger partial charge in [-0.3, -0.25) is 0 Å². The molecule has 3 nitrogen and oxygen atoms in total. The van der Waals surface area contributed by atoms with Crippen LogP contribution in [0.3, 0.4) is 0 Å². The van der Waals surface area contributed by atoms with Crippen LogP contribution in [0.1, 0.15) is 0 Å². The Balaban J connectivity index is 2.89. The third-order valence-electron chi connectivity index (χ3n) is 1.32. The third kappa shape index (κ3) is 2.14. The SMILES string of the molecule is CN(N=O)c1ccc(I)cc1. The molecule has 0 bridgehead atoms. The van der Waals surface area contributed by atoms with E-state index in [1.54, 1.807) is 7.05 Å². The quantitative estimate of drug-likeness (QED) is 0.465. The van der Waals surface area contributed by atoms with E-state index in [2.05, 4.69) is 27.9 Å². The molecule has 0 N–H and O–H groups in total. The van der Waals surface area contributed by atoms with E-state index in [0.717, 1.165) is 9.26 Å². The van der Waals surface area contributed by atoms with Gasteiger partial charge in [0.2, 0.25) is 0 Å². The minimum absolute atomic E-state index is 0.806. The second-order valence-corrected chi connectivity index (χ2v) is 3.33. The van der Waals surface area contributed by atoms with Crippen molar-refractivity contribution >= 4 is 28.3 Å². The summed E-state index contributed by atoms with van der Waals surface area (Å²) in [5.74, 6) is 0. The zero-order chi connectivity index (χ0) is 8.27. The Kier molecular flexibility index (Phi) is 2.81. The van der Waals surface area contributed by atoms with E-state index < -0.39 is 0 Å². The van der Waals surface area contributed by atoms with E-state index in [4.69, 9.17) is 0 Å². The molecule has 58 valence electrons. The zero-order valence-electron chi connectivity index (χ0n) is 5.99. The highest BCUT2D eigenvalue weighted by Crippen LogP contribution is 2.14. The molecule has 0 aromatic heterocycles. The maximum atomic E-state index is 10.1. The second kappa shape index (κ2) is 3.66. The highest BCUT2D eigenvalue weighted by atomic mass is 127. The Morgan fingerprint density at radius 3 is 2.36 bits per heavy atom. The smallest absolute Gasteiger partial charge is 0.0623 e. The van der Waals surface area contributed by atoms with E-state index >= 15 is 0 Å².